The molecule has 1 N–H and O–H groups in total. The normalized spacial score (nSPS) is 23.7. The summed E-state index contributed by atoms with van der Waals surface area (Å²) in [6.45, 7) is 0.482. The Kier molecular flexibility index (Phi) is 7.22. The van der Waals surface area contributed by atoms with Crippen LogP contribution in [0.3, 0.4) is 0 Å². The van der Waals surface area contributed by atoms with Gasteiger partial charge in [0.1, 0.15) is 29.3 Å². The van der Waals surface area contributed by atoms with Gasteiger partial charge in [-0.1, -0.05) is 24.3 Å². The van der Waals surface area contributed by atoms with Crippen molar-refractivity contribution in [1.82, 2.24) is 0 Å². The first-order chi connectivity index (χ1) is 14.1. The summed E-state index contributed by atoms with van der Waals surface area (Å²) in [5.41, 5.74) is 0.421. The van der Waals surface area contributed by atoms with Crippen molar-refractivity contribution in [2.45, 2.75) is 31.0 Å². The fourth-order valence-electron chi connectivity index (χ4n) is 3.18. The maximum atomic E-state index is 11.4. The second-order valence-corrected chi connectivity index (χ2v) is 6.94. The van der Waals surface area contributed by atoms with Crippen molar-refractivity contribution in [3.8, 4) is 11.5 Å². The minimum absolute atomic E-state index is 0.0172. The van der Waals surface area contributed by atoms with Crippen molar-refractivity contribution < 1.29 is 33.6 Å². The number of rotatable bonds is 10. The van der Waals surface area contributed by atoms with E-state index in [-0.39, 0.29) is 19.8 Å². The average Bonchev–Trinajstić information content (AvgIpc) is 3.08. The van der Waals surface area contributed by atoms with Crippen LogP contribution in [0.4, 0.5) is 0 Å². The summed E-state index contributed by atoms with van der Waals surface area (Å²) in [5.74, 6) is 1.50. The van der Waals surface area contributed by atoms with Crippen molar-refractivity contribution in [2.75, 3.05) is 27.4 Å². The lowest BCUT2D eigenvalue weighted by Gasteiger charge is -2.29. The molecule has 156 valence electrons. The Morgan fingerprint density at radius 1 is 1.00 bits per heavy atom. The molecule has 1 aliphatic rings. The Hall–Kier alpha value is -2.45. The number of aliphatic hydroxyl groups is 1. The van der Waals surface area contributed by atoms with E-state index in [1.807, 2.05) is 48.5 Å². The SMILES string of the molecule is COc1ccc(COC[C@]2(O)CO[C@@H](C=O)[C@@H]2OCc2ccc(OC)cc2)cc1. The van der Waals surface area contributed by atoms with Crippen molar-refractivity contribution >= 4 is 6.29 Å². The molecule has 0 bridgehead atoms. The zero-order valence-corrected chi connectivity index (χ0v) is 16.6. The Morgan fingerprint density at radius 3 is 2.07 bits per heavy atom. The highest BCUT2D eigenvalue weighted by molar-refractivity contribution is 5.58. The first-order valence-electron chi connectivity index (χ1n) is 9.32. The largest absolute Gasteiger partial charge is 0.497 e. The number of aldehydes is 1. The summed E-state index contributed by atoms with van der Waals surface area (Å²) in [6.07, 6.45) is -1.01. The van der Waals surface area contributed by atoms with Crippen LogP contribution >= 0.6 is 0 Å². The molecular weight excluding hydrogens is 376 g/mol. The van der Waals surface area contributed by atoms with Gasteiger partial charge in [0, 0.05) is 0 Å². The Labute approximate surface area is 170 Å². The molecule has 0 amide bonds. The summed E-state index contributed by atoms with van der Waals surface area (Å²) < 4.78 is 27.3. The molecule has 0 radical (unpaired) electrons. The van der Waals surface area contributed by atoms with E-state index < -0.39 is 17.8 Å². The molecule has 0 unspecified atom stereocenters. The molecule has 3 rings (SSSR count). The Bertz CT molecular complexity index is 775. The molecule has 1 fully saturated rings. The molecule has 0 spiro atoms. The third kappa shape index (κ3) is 5.33. The summed E-state index contributed by atoms with van der Waals surface area (Å²) in [6, 6.07) is 14.8. The quantitative estimate of drug-likeness (QED) is 0.610. The third-order valence-corrected chi connectivity index (χ3v) is 4.86. The van der Waals surface area contributed by atoms with E-state index in [2.05, 4.69) is 0 Å². The number of ether oxygens (including phenoxy) is 5. The summed E-state index contributed by atoms with van der Waals surface area (Å²) >= 11 is 0. The second kappa shape index (κ2) is 9.84. The van der Waals surface area contributed by atoms with Crippen molar-refractivity contribution in [1.29, 1.82) is 0 Å². The Balaban J connectivity index is 1.57. The third-order valence-electron chi connectivity index (χ3n) is 4.86. The van der Waals surface area contributed by atoms with Crippen molar-refractivity contribution in [2.24, 2.45) is 0 Å². The van der Waals surface area contributed by atoms with Crippen molar-refractivity contribution in [3.05, 3.63) is 59.7 Å². The number of hydrogen-bond acceptors (Lipinski definition) is 7. The molecule has 1 aliphatic heterocycles. The summed E-state index contributed by atoms with van der Waals surface area (Å²) in [4.78, 5) is 11.4. The molecule has 1 heterocycles. The molecule has 29 heavy (non-hydrogen) atoms. The van der Waals surface area contributed by atoms with Crippen LogP contribution in [0.5, 0.6) is 11.5 Å². The number of carbonyl (C=O) groups excluding carboxylic acids is 1. The molecule has 0 aromatic heterocycles. The van der Waals surface area contributed by atoms with Gasteiger partial charge in [0.05, 0.1) is 40.6 Å². The highest BCUT2D eigenvalue weighted by Gasteiger charge is 2.50. The molecule has 3 atom stereocenters. The fraction of sp³-hybridized carbons (Fsp3) is 0.409. The highest BCUT2D eigenvalue weighted by atomic mass is 16.6. The van der Waals surface area contributed by atoms with E-state index in [1.165, 1.54) is 0 Å². The van der Waals surface area contributed by atoms with Gasteiger partial charge in [-0.25, -0.2) is 0 Å². The lowest BCUT2D eigenvalue weighted by molar-refractivity contribution is -0.138. The maximum absolute atomic E-state index is 11.4. The molecule has 2 aromatic rings. The van der Waals surface area contributed by atoms with E-state index in [9.17, 15) is 9.90 Å². The molecular formula is C22H26O7. The number of carbonyl (C=O) groups is 1. The minimum Gasteiger partial charge on any atom is -0.497 e. The zero-order chi connectivity index (χ0) is 20.7. The average molecular weight is 402 g/mol. The van der Waals surface area contributed by atoms with Crippen LogP contribution in [-0.4, -0.2) is 56.6 Å². The topological polar surface area (TPSA) is 83.5 Å². The van der Waals surface area contributed by atoms with E-state index in [0.717, 1.165) is 22.6 Å². The predicted octanol–water partition coefficient (Wildman–Crippen LogP) is 2.13. The molecule has 7 heteroatoms. The van der Waals surface area contributed by atoms with Crippen LogP contribution < -0.4 is 9.47 Å². The van der Waals surface area contributed by atoms with Crippen LogP contribution in [0.1, 0.15) is 11.1 Å². The van der Waals surface area contributed by atoms with Gasteiger partial charge in [-0.05, 0) is 35.4 Å². The first-order valence-corrected chi connectivity index (χ1v) is 9.32. The monoisotopic (exact) mass is 402 g/mol. The Morgan fingerprint density at radius 2 is 1.55 bits per heavy atom. The number of hydrogen-bond donors (Lipinski definition) is 1. The molecule has 1 saturated heterocycles. The van der Waals surface area contributed by atoms with Gasteiger partial charge in [-0.3, -0.25) is 0 Å². The first kappa shape index (κ1) is 21.3. The van der Waals surface area contributed by atoms with Crippen LogP contribution in [0.15, 0.2) is 48.5 Å². The second-order valence-electron chi connectivity index (χ2n) is 6.94. The van der Waals surface area contributed by atoms with Crippen LogP contribution in [0.2, 0.25) is 0 Å². The molecule has 0 saturated carbocycles. The van der Waals surface area contributed by atoms with Gasteiger partial charge in [0.15, 0.2) is 6.29 Å². The van der Waals surface area contributed by atoms with E-state index in [0.29, 0.717) is 12.9 Å². The zero-order valence-electron chi connectivity index (χ0n) is 16.6. The van der Waals surface area contributed by atoms with Crippen LogP contribution in [0, 0.1) is 0 Å². The fourth-order valence-corrected chi connectivity index (χ4v) is 3.18. The van der Waals surface area contributed by atoms with Crippen molar-refractivity contribution in [3.63, 3.8) is 0 Å². The summed E-state index contributed by atoms with van der Waals surface area (Å²) in [7, 11) is 3.21. The van der Waals surface area contributed by atoms with E-state index >= 15 is 0 Å². The number of methoxy groups -OCH3 is 2. The maximum Gasteiger partial charge on any atom is 0.151 e. The minimum atomic E-state index is -1.41. The lowest BCUT2D eigenvalue weighted by Crippen LogP contribution is -2.49. The van der Waals surface area contributed by atoms with E-state index in [1.54, 1.807) is 14.2 Å². The number of benzene rings is 2. The smallest absolute Gasteiger partial charge is 0.151 e. The van der Waals surface area contributed by atoms with Crippen LogP contribution in [0.25, 0.3) is 0 Å². The van der Waals surface area contributed by atoms with Crippen LogP contribution in [-0.2, 0) is 32.2 Å². The van der Waals surface area contributed by atoms with Gasteiger partial charge in [0.25, 0.3) is 0 Å². The predicted molar refractivity (Wildman–Crippen MR) is 105 cm³/mol. The molecule has 0 aliphatic carbocycles. The molecule has 7 nitrogen and oxygen atoms in total. The highest BCUT2D eigenvalue weighted by Crippen LogP contribution is 2.29. The van der Waals surface area contributed by atoms with Gasteiger partial charge in [0.2, 0.25) is 0 Å². The van der Waals surface area contributed by atoms with Gasteiger partial charge in [-0.15, -0.1) is 0 Å². The van der Waals surface area contributed by atoms with Gasteiger partial charge in [-0.2, -0.15) is 0 Å². The van der Waals surface area contributed by atoms with E-state index in [4.69, 9.17) is 23.7 Å². The summed E-state index contributed by atoms with van der Waals surface area (Å²) in [5, 5.41) is 11.0. The van der Waals surface area contributed by atoms with Gasteiger partial charge >= 0.3 is 0 Å². The standard InChI is InChI=1S/C22H26O7/c1-25-18-7-3-16(4-8-18)12-27-14-22(24)15-29-20(11-23)21(22)28-13-17-5-9-19(26-2)10-6-17/h3-11,20-21,24H,12-15H2,1-2H3/t20-,21-,22-/m0/s1. The molecule has 2 aromatic carbocycles. The lowest BCUT2D eigenvalue weighted by atomic mass is 9.97. The van der Waals surface area contributed by atoms with Gasteiger partial charge < -0.3 is 33.6 Å².